The number of amides is 1. The van der Waals surface area contributed by atoms with Gasteiger partial charge in [0, 0.05) is 37.7 Å². The summed E-state index contributed by atoms with van der Waals surface area (Å²) in [5.41, 5.74) is 4.32. The summed E-state index contributed by atoms with van der Waals surface area (Å²) in [5, 5.41) is 2.05. The highest BCUT2D eigenvalue weighted by Crippen LogP contribution is 2.21. The lowest BCUT2D eigenvalue weighted by atomic mass is 10.0. The van der Waals surface area contributed by atoms with Crippen LogP contribution < -0.4 is 0 Å². The van der Waals surface area contributed by atoms with Crippen LogP contribution in [0.25, 0.3) is 10.8 Å². The van der Waals surface area contributed by atoms with Gasteiger partial charge in [-0.05, 0) is 41.5 Å². The smallest absolute Gasteiger partial charge is 0.254 e. The summed E-state index contributed by atoms with van der Waals surface area (Å²) >= 11 is 0. The van der Waals surface area contributed by atoms with Crippen molar-refractivity contribution < 1.29 is 9.53 Å². The van der Waals surface area contributed by atoms with Gasteiger partial charge in [0.25, 0.3) is 5.91 Å². The standard InChI is InChI=1S/C27H28N2O2/c1-21-12-14-22(15-13-21)19-28-16-6-9-24(28)20-29(17-18-31-2)27(30)26-11-5-8-23-7-3-4-10-25(23)26/h3-16H,17-20H2,1-2H3. The van der Waals surface area contributed by atoms with Crippen molar-refractivity contribution in [3.05, 3.63) is 107 Å². The first-order valence-electron chi connectivity index (χ1n) is 10.6. The Labute approximate surface area is 183 Å². The predicted molar refractivity (Wildman–Crippen MR) is 125 cm³/mol. The van der Waals surface area contributed by atoms with Crippen molar-refractivity contribution >= 4 is 16.7 Å². The Morgan fingerprint density at radius 1 is 0.935 bits per heavy atom. The number of carbonyl (C=O) groups is 1. The average molecular weight is 413 g/mol. The molecule has 4 aromatic rings. The highest BCUT2D eigenvalue weighted by atomic mass is 16.5. The van der Waals surface area contributed by atoms with Gasteiger partial charge in [0.2, 0.25) is 0 Å². The summed E-state index contributed by atoms with van der Waals surface area (Å²) in [6.45, 7) is 4.44. The van der Waals surface area contributed by atoms with Crippen LogP contribution >= 0.6 is 0 Å². The van der Waals surface area contributed by atoms with E-state index in [0.717, 1.165) is 28.6 Å². The first kappa shape index (κ1) is 20.9. The second kappa shape index (κ2) is 9.63. The van der Waals surface area contributed by atoms with E-state index in [9.17, 15) is 4.79 Å². The number of fused-ring (bicyclic) bond motifs is 1. The van der Waals surface area contributed by atoms with Gasteiger partial charge < -0.3 is 14.2 Å². The molecule has 0 spiro atoms. The topological polar surface area (TPSA) is 34.5 Å². The van der Waals surface area contributed by atoms with Crippen molar-refractivity contribution in [1.82, 2.24) is 9.47 Å². The summed E-state index contributed by atoms with van der Waals surface area (Å²) in [6.07, 6.45) is 2.08. The van der Waals surface area contributed by atoms with Gasteiger partial charge in [0.1, 0.15) is 0 Å². The Balaban J connectivity index is 1.60. The van der Waals surface area contributed by atoms with Crippen LogP contribution in [0.3, 0.4) is 0 Å². The normalized spacial score (nSPS) is 11.0. The number of hydrogen-bond acceptors (Lipinski definition) is 2. The summed E-state index contributed by atoms with van der Waals surface area (Å²) in [4.78, 5) is 15.4. The van der Waals surface area contributed by atoms with Crippen LogP contribution in [-0.2, 0) is 17.8 Å². The van der Waals surface area contributed by atoms with E-state index in [1.807, 2.05) is 53.4 Å². The molecule has 158 valence electrons. The number of rotatable bonds is 8. The molecule has 0 saturated carbocycles. The Morgan fingerprint density at radius 2 is 1.71 bits per heavy atom. The van der Waals surface area contributed by atoms with Crippen LogP contribution in [-0.4, -0.2) is 35.6 Å². The minimum atomic E-state index is 0.0249. The quantitative estimate of drug-likeness (QED) is 0.394. The number of carbonyl (C=O) groups excluding carboxylic acids is 1. The van der Waals surface area contributed by atoms with E-state index >= 15 is 0 Å². The van der Waals surface area contributed by atoms with Gasteiger partial charge in [-0.15, -0.1) is 0 Å². The van der Waals surface area contributed by atoms with Crippen molar-refractivity contribution in [2.45, 2.75) is 20.0 Å². The van der Waals surface area contributed by atoms with E-state index in [-0.39, 0.29) is 5.91 Å². The number of ether oxygens (including phenoxy) is 1. The van der Waals surface area contributed by atoms with Gasteiger partial charge in [0.05, 0.1) is 13.2 Å². The second-order valence-electron chi connectivity index (χ2n) is 7.86. The number of methoxy groups -OCH3 is 1. The molecule has 0 aliphatic rings. The third-order valence-electron chi connectivity index (χ3n) is 5.62. The molecule has 0 bridgehead atoms. The maximum atomic E-state index is 13.6. The number of hydrogen-bond donors (Lipinski definition) is 0. The van der Waals surface area contributed by atoms with Gasteiger partial charge in [-0.25, -0.2) is 0 Å². The SMILES string of the molecule is COCCN(Cc1cccn1Cc1ccc(C)cc1)C(=O)c1cccc2ccccc12. The van der Waals surface area contributed by atoms with Gasteiger partial charge in [-0.3, -0.25) is 4.79 Å². The number of nitrogens with zero attached hydrogens (tertiary/aromatic N) is 2. The van der Waals surface area contributed by atoms with Crippen LogP contribution in [0.1, 0.15) is 27.2 Å². The van der Waals surface area contributed by atoms with Gasteiger partial charge in [-0.2, -0.15) is 0 Å². The third-order valence-corrected chi connectivity index (χ3v) is 5.62. The second-order valence-corrected chi connectivity index (χ2v) is 7.86. The van der Waals surface area contributed by atoms with Gasteiger partial charge in [0.15, 0.2) is 0 Å². The Hall–Kier alpha value is -3.37. The van der Waals surface area contributed by atoms with Gasteiger partial charge in [-0.1, -0.05) is 66.2 Å². The fourth-order valence-electron chi connectivity index (χ4n) is 3.87. The van der Waals surface area contributed by atoms with Crippen molar-refractivity contribution in [2.75, 3.05) is 20.3 Å². The Bertz CT molecular complexity index is 1160. The Morgan fingerprint density at radius 3 is 2.52 bits per heavy atom. The molecule has 1 amide bonds. The lowest BCUT2D eigenvalue weighted by Crippen LogP contribution is -2.34. The van der Waals surface area contributed by atoms with Crippen LogP contribution in [0.4, 0.5) is 0 Å². The first-order valence-corrected chi connectivity index (χ1v) is 10.6. The van der Waals surface area contributed by atoms with E-state index in [1.54, 1.807) is 7.11 Å². The summed E-state index contributed by atoms with van der Waals surface area (Å²) in [6, 6.07) is 26.6. The third kappa shape index (κ3) is 4.86. The Kier molecular flexibility index (Phi) is 6.48. The molecule has 0 atom stereocenters. The zero-order valence-corrected chi connectivity index (χ0v) is 18.1. The molecule has 0 N–H and O–H groups in total. The molecule has 1 aromatic heterocycles. The molecule has 4 rings (SSSR count). The van der Waals surface area contributed by atoms with E-state index in [1.165, 1.54) is 11.1 Å². The number of benzene rings is 3. The minimum absolute atomic E-state index is 0.0249. The summed E-state index contributed by atoms with van der Waals surface area (Å²) in [5.74, 6) is 0.0249. The molecule has 3 aromatic carbocycles. The van der Waals surface area contributed by atoms with E-state index < -0.39 is 0 Å². The maximum absolute atomic E-state index is 13.6. The van der Waals surface area contributed by atoms with Crippen molar-refractivity contribution in [2.24, 2.45) is 0 Å². The van der Waals surface area contributed by atoms with Crippen LogP contribution in [0, 0.1) is 6.92 Å². The fourth-order valence-corrected chi connectivity index (χ4v) is 3.87. The van der Waals surface area contributed by atoms with Crippen LogP contribution in [0.2, 0.25) is 0 Å². The van der Waals surface area contributed by atoms with Crippen molar-refractivity contribution in [1.29, 1.82) is 0 Å². The number of aryl methyl sites for hydroxylation is 1. The molecule has 0 unspecified atom stereocenters. The highest BCUT2D eigenvalue weighted by molar-refractivity contribution is 6.07. The lowest BCUT2D eigenvalue weighted by Gasteiger charge is -2.24. The number of aromatic nitrogens is 1. The van der Waals surface area contributed by atoms with E-state index in [4.69, 9.17) is 4.74 Å². The van der Waals surface area contributed by atoms with E-state index in [0.29, 0.717) is 19.7 Å². The van der Waals surface area contributed by atoms with Crippen molar-refractivity contribution in [3.63, 3.8) is 0 Å². The molecule has 1 heterocycles. The largest absolute Gasteiger partial charge is 0.383 e. The van der Waals surface area contributed by atoms with Crippen LogP contribution in [0.5, 0.6) is 0 Å². The molecule has 31 heavy (non-hydrogen) atoms. The molecule has 0 radical (unpaired) electrons. The summed E-state index contributed by atoms with van der Waals surface area (Å²) in [7, 11) is 1.67. The molecular weight excluding hydrogens is 384 g/mol. The first-order chi connectivity index (χ1) is 15.2. The monoisotopic (exact) mass is 412 g/mol. The molecule has 0 saturated heterocycles. The fraction of sp³-hybridized carbons (Fsp3) is 0.222. The molecule has 0 fully saturated rings. The average Bonchev–Trinajstić information content (AvgIpc) is 3.23. The van der Waals surface area contributed by atoms with Crippen LogP contribution in [0.15, 0.2) is 85.1 Å². The molecule has 4 nitrogen and oxygen atoms in total. The van der Waals surface area contributed by atoms with Crippen molar-refractivity contribution in [3.8, 4) is 0 Å². The summed E-state index contributed by atoms with van der Waals surface area (Å²) < 4.78 is 7.51. The molecular formula is C27H28N2O2. The maximum Gasteiger partial charge on any atom is 0.254 e. The molecule has 4 heteroatoms. The lowest BCUT2D eigenvalue weighted by molar-refractivity contribution is 0.0678. The van der Waals surface area contributed by atoms with E-state index in [2.05, 4.69) is 48.0 Å². The molecule has 0 aliphatic carbocycles. The zero-order chi connectivity index (χ0) is 21.6. The van der Waals surface area contributed by atoms with Gasteiger partial charge >= 0.3 is 0 Å². The zero-order valence-electron chi connectivity index (χ0n) is 18.1. The highest BCUT2D eigenvalue weighted by Gasteiger charge is 2.19. The predicted octanol–water partition coefficient (Wildman–Crippen LogP) is 5.29. The minimum Gasteiger partial charge on any atom is -0.383 e. The molecule has 0 aliphatic heterocycles.